The average molecular weight is 239 g/mol. The van der Waals surface area contributed by atoms with Gasteiger partial charge in [0.15, 0.2) is 5.78 Å². The number of ketones is 1. The van der Waals surface area contributed by atoms with Crippen LogP contribution in [0.3, 0.4) is 0 Å². The van der Waals surface area contributed by atoms with Crippen LogP contribution in [0.4, 0.5) is 0 Å². The minimum Gasteiger partial charge on any atom is -0.293 e. The summed E-state index contributed by atoms with van der Waals surface area (Å²) in [6.07, 6.45) is 5.17. The first-order valence-electron chi connectivity index (χ1n) is 5.83. The van der Waals surface area contributed by atoms with E-state index in [-0.39, 0.29) is 11.4 Å². The summed E-state index contributed by atoms with van der Waals surface area (Å²) in [7, 11) is 0. The highest BCUT2D eigenvalue weighted by molar-refractivity contribution is 6.02. The van der Waals surface area contributed by atoms with E-state index in [1.165, 1.54) is 0 Å². The average Bonchev–Trinajstić information content (AvgIpc) is 2.34. The van der Waals surface area contributed by atoms with Crippen LogP contribution in [-0.2, 0) is 4.79 Å². The van der Waals surface area contributed by atoms with Crippen molar-refractivity contribution >= 4 is 11.9 Å². The van der Waals surface area contributed by atoms with E-state index in [0.717, 1.165) is 5.56 Å². The fourth-order valence-corrected chi connectivity index (χ4v) is 1.39. The van der Waals surface area contributed by atoms with Crippen LogP contribution in [-0.4, -0.2) is 5.78 Å². The van der Waals surface area contributed by atoms with Crippen molar-refractivity contribution in [3.05, 3.63) is 53.6 Å². The number of carbonyl (C=O) groups is 1. The van der Waals surface area contributed by atoms with Crippen molar-refractivity contribution in [3.8, 4) is 6.07 Å². The highest BCUT2D eigenvalue weighted by Gasteiger charge is 2.24. The summed E-state index contributed by atoms with van der Waals surface area (Å²) in [5, 5.41) is 8.98. The van der Waals surface area contributed by atoms with Gasteiger partial charge in [0.1, 0.15) is 6.07 Å². The summed E-state index contributed by atoms with van der Waals surface area (Å²) in [6, 6.07) is 11.7. The zero-order valence-electron chi connectivity index (χ0n) is 11.0. The molecule has 0 aliphatic carbocycles. The number of hydrogen-bond acceptors (Lipinski definition) is 2. The molecule has 1 aromatic rings. The second kappa shape index (κ2) is 5.97. The number of carbonyl (C=O) groups excluding carboxylic acids is 1. The molecule has 0 aliphatic heterocycles. The summed E-state index contributed by atoms with van der Waals surface area (Å²) in [5.74, 6) is -0.136. The molecule has 18 heavy (non-hydrogen) atoms. The predicted octanol–water partition coefficient (Wildman–Crippen LogP) is 3.76. The normalized spacial score (nSPS) is 12.4. The van der Waals surface area contributed by atoms with Gasteiger partial charge in [-0.2, -0.15) is 5.26 Å². The topological polar surface area (TPSA) is 40.9 Å². The first-order chi connectivity index (χ1) is 8.45. The van der Waals surface area contributed by atoms with Crippen molar-refractivity contribution in [2.45, 2.75) is 20.8 Å². The summed E-state index contributed by atoms with van der Waals surface area (Å²) in [5.41, 5.74) is 0.700. The molecular formula is C16H17NO. The number of rotatable bonds is 3. The van der Waals surface area contributed by atoms with Crippen LogP contribution in [0.2, 0.25) is 0 Å². The van der Waals surface area contributed by atoms with Gasteiger partial charge in [0, 0.05) is 5.41 Å². The molecule has 0 atom stereocenters. The molecule has 0 aliphatic rings. The van der Waals surface area contributed by atoms with Crippen LogP contribution in [0.25, 0.3) is 6.08 Å². The maximum Gasteiger partial charge on any atom is 0.178 e. The van der Waals surface area contributed by atoms with E-state index in [9.17, 15) is 4.79 Å². The van der Waals surface area contributed by atoms with Crippen LogP contribution in [0.15, 0.2) is 48.1 Å². The third kappa shape index (κ3) is 4.03. The second-order valence-corrected chi connectivity index (χ2v) is 5.04. The number of benzene rings is 1. The molecule has 2 heteroatoms. The standard InChI is InChI=1S/C16H17NO/c1-16(2,3)15(18)14(12-17)11-7-10-13-8-5-4-6-9-13/h4-11H,1-3H3/b10-7+,14-11+. The van der Waals surface area contributed by atoms with Crippen molar-refractivity contribution in [1.82, 2.24) is 0 Å². The maximum absolute atomic E-state index is 11.9. The van der Waals surface area contributed by atoms with Gasteiger partial charge in [-0.05, 0) is 11.6 Å². The quantitative estimate of drug-likeness (QED) is 0.457. The summed E-state index contributed by atoms with van der Waals surface area (Å²) in [6.45, 7) is 5.42. The van der Waals surface area contributed by atoms with Crippen LogP contribution >= 0.6 is 0 Å². The van der Waals surface area contributed by atoms with E-state index in [1.54, 1.807) is 32.9 Å². The largest absolute Gasteiger partial charge is 0.293 e. The summed E-state index contributed by atoms with van der Waals surface area (Å²) in [4.78, 5) is 11.9. The highest BCUT2D eigenvalue weighted by atomic mass is 16.1. The Hall–Kier alpha value is -2.14. The van der Waals surface area contributed by atoms with Crippen LogP contribution in [0, 0.1) is 16.7 Å². The van der Waals surface area contributed by atoms with Gasteiger partial charge in [-0.3, -0.25) is 4.79 Å². The first-order valence-corrected chi connectivity index (χ1v) is 5.83. The van der Waals surface area contributed by atoms with Crippen molar-refractivity contribution in [3.63, 3.8) is 0 Å². The monoisotopic (exact) mass is 239 g/mol. The molecule has 0 radical (unpaired) electrons. The first kappa shape index (κ1) is 13.9. The lowest BCUT2D eigenvalue weighted by Gasteiger charge is -2.14. The molecular weight excluding hydrogens is 222 g/mol. The van der Waals surface area contributed by atoms with Crippen molar-refractivity contribution in [2.75, 3.05) is 0 Å². The molecule has 1 aromatic carbocycles. The minimum atomic E-state index is -0.526. The Balaban J connectivity index is 2.86. The fraction of sp³-hybridized carbons (Fsp3) is 0.250. The number of allylic oxidation sites excluding steroid dienone is 3. The smallest absolute Gasteiger partial charge is 0.178 e. The third-order valence-electron chi connectivity index (χ3n) is 2.40. The molecule has 0 fully saturated rings. The zero-order valence-corrected chi connectivity index (χ0v) is 11.0. The molecule has 0 N–H and O–H groups in total. The summed E-state index contributed by atoms with van der Waals surface area (Å²) < 4.78 is 0. The van der Waals surface area contributed by atoms with Crippen molar-refractivity contribution in [1.29, 1.82) is 5.26 Å². The Morgan fingerprint density at radius 1 is 1.22 bits per heavy atom. The minimum absolute atomic E-state index is 0.136. The molecule has 0 amide bonds. The molecule has 1 rings (SSSR count). The number of nitrogens with zero attached hydrogens (tertiary/aromatic N) is 1. The summed E-state index contributed by atoms with van der Waals surface area (Å²) >= 11 is 0. The Morgan fingerprint density at radius 2 is 1.83 bits per heavy atom. The molecule has 0 aromatic heterocycles. The maximum atomic E-state index is 11.9. The van der Waals surface area contributed by atoms with E-state index < -0.39 is 5.41 Å². The molecule has 0 heterocycles. The number of Topliss-reactive ketones (excluding diaryl/α,β-unsaturated/α-hetero) is 1. The molecule has 0 spiro atoms. The fourth-order valence-electron chi connectivity index (χ4n) is 1.39. The van der Waals surface area contributed by atoms with Gasteiger partial charge in [0.25, 0.3) is 0 Å². The van der Waals surface area contributed by atoms with Gasteiger partial charge in [-0.1, -0.05) is 63.3 Å². The van der Waals surface area contributed by atoms with E-state index >= 15 is 0 Å². The van der Waals surface area contributed by atoms with Crippen molar-refractivity contribution < 1.29 is 4.79 Å². The van der Waals surface area contributed by atoms with Gasteiger partial charge in [-0.15, -0.1) is 0 Å². The van der Waals surface area contributed by atoms with E-state index in [1.807, 2.05) is 42.5 Å². The van der Waals surface area contributed by atoms with Crippen molar-refractivity contribution in [2.24, 2.45) is 5.41 Å². The Morgan fingerprint density at radius 3 is 2.33 bits per heavy atom. The highest BCUT2D eigenvalue weighted by Crippen LogP contribution is 2.19. The van der Waals surface area contributed by atoms with Gasteiger partial charge in [0.2, 0.25) is 0 Å². The molecule has 2 nitrogen and oxygen atoms in total. The van der Waals surface area contributed by atoms with Gasteiger partial charge >= 0.3 is 0 Å². The lowest BCUT2D eigenvalue weighted by Crippen LogP contribution is -2.21. The Bertz CT molecular complexity index is 510. The SMILES string of the molecule is CC(C)(C)C(=O)/C(C#N)=C/C=C/c1ccccc1. The molecule has 0 saturated carbocycles. The van der Waals surface area contributed by atoms with Crippen LogP contribution < -0.4 is 0 Å². The molecule has 0 saturated heterocycles. The van der Waals surface area contributed by atoms with Gasteiger partial charge in [-0.25, -0.2) is 0 Å². The molecule has 0 unspecified atom stereocenters. The molecule has 92 valence electrons. The lowest BCUT2D eigenvalue weighted by atomic mass is 9.86. The van der Waals surface area contributed by atoms with Gasteiger partial charge < -0.3 is 0 Å². The third-order valence-corrected chi connectivity index (χ3v) is 2.40. The number of hydrogen-bond donors (Lipinski definition) is 0. The number of nitriles is 1. The Kier molecular flexibility index (Phi) is 4.62. The zero-order chi connectivity index (χ0) is 13.6. The van der Waals surface area contributed by atoms with Crippen LogP contribution in [0.5, 0.6) is 0 Å². The van der Waals surface area contributed by atoms with E-state index in [0.29, 0.717) is 0 Å². The molecule has 0 bridgehead atoms. The predicted molar refractivity (Wildman–Crippen MR) is 73.6 cm³/mol. The lowest BCUT2D eigenvalue weighted by molar-refractivity contribution is -0.122. The van der Waals surface area contributed by atoms with E-state index in [4.69, 9.17) is 5.26 Å². The Labute approximate surface area is 108 Å². The van der Waals surface area contributed by atoms with E-state index in [2.05, 4.69) is 0 Å². The second-order valence-electron chi connectivity index (χ2n) is 5.04. The van der Waals surface area contributed by atoms with Gasteiger partial charge in [0.05, 0.1) is 5.57 Å². The van der Waals surface area contributed by atoms with Crippen LogP contribution in [0.1, 0.15) is 26.3 Å².